The Hall–Kier alpha value is -1.05. The van der Waals surface area contributed by atoms with Crippen LogP contribution in [0.4, 0.5) is 5.13 Å². The van der Waals surface area contributed by atoms with E-state index in [1.807, 2.05) is 6.92 Å². The lowest BCUT2D eigenvalue weighted by atomic mass is 9.97. The first-order chi connectivity index (χ1) is 11.2. The lowest BCUT2D eigenvalue weighted by Crippen LogP contribution is -2.62. The molecule has 1 amide bonds. The van der Waals surface area contributed by atoms with Crippen molar-refractivity contribution in [1.82, 2.24) is 20.0 Å². The maximum atomic E-state index is 12.0. The highest BCUT2D eigenvalue weighted by Gasteiger charge is 2.34. The summed E-state index contributed by atoms with van der Waals surface area (Å²) >= 11 is 1.46. The summed E-state index contributed by atoms with van der Waals surface area (Å²) in [5.41, 5.74) is 0. The number of hydrogen-bond donors (Lipinski definition) is 1. The first kappa shape index (κ1) is 16.8. The van der Waals surface area contributed by atoms with Crippen LogP contribution in [0.2, 0.25) is 0 Å². The van der Waals surface area contributed by atoms with E-state index in [0.29, 0.717) is 17.6 Å². The van der Waals surface area contributed by atoms with Crippen molar-refractivity contribution in [2.45, 2.75) is 58.0 Å². The number of anilines is 1. The third-order valence-corrected chi connectivity index (χ3v) is 5.92. The number of nitrogens with one attached hydrogen (secondary N) is 1. The standard InChI is InChI=1S/C16H27N5OS/c1-3-15-18-19-16(23-15)17-14(22)7-9-20-10-13(11-20)21-8-5-4-6-12(21)2/h12-13H,3-11H2,1-2H3,(H,17,19,22)/t12-/m0/s1. The molecule has 2 aliphatic rings. The predicted molar refractivity (Wildman–Crippen MR) is 92.8 cm³/mol. The quantitative estimate of drug-likeness (QED) is 0.860. The highest BCUT2D eigenvalue weighted by molar-refractivity contribution is 7.15. The average Bonchev–Trinajstić information content (AvgIpc) is 2.95. The minimum Gasteiger partial charge on any atom is -0.300 e. The zero-order valence-corrected chi connectivity index (χ0v) is 14.9. The van der Waals surface area contributed by atoms with Crippen LogP contribution in [-0.2, 0) is 11.2 Å². The summed E-state index contributed by atoms with van der Waals surface area (Å²) in [7, 11) is 0. The van der Waals surface area contributed by atoms with Gasteiger partial charge in [0.2, 0.25) is 11.0 Å². The van der Waals surface area contributed by atoms with Crippen molar-refractivity contribution in [2.75, 3.05) is 31.5 Å². The molecule has 0 radical (unpaired) electrons. The monoisotopic (exact) mass is 337 g/mol. The van der Waals surface area contributed by atoms with E-state index in [1.165, 1.54) is 37.1 Å². The highest BCUT2D eigenvalue weighted by atomic mass is 32.1. The third kappa shape index (κ3) is 4.28. The molecule has 0 spiro atoms. The van der Waals surface area contributed by atoms with Gasteiger partial charge in [-0.05, 0) is 32.7 Å². The molecule has 128 valence electrons. The number of amides is 1. The Bertz CT molecular complexity index is 528. The Kier molecular flexibility index (Phi) is 5.61. The fourth-order valence-electron chi connectivity index (χ4n) is 3.49. The molecule has 3 rings (SSSR count). The molecule has 6 nitrogen and oxygen atoms in total. The zero-order chi connectivity index (χ0) is 16.2. The molecule has 2 fully saturated rings. The Morgan fingerprint density at radius 1 is 1.35 bits per heavy atom. The van der Waals surface area contributed by atoms with Crippen molar-refractivity contribution >= 4 is 22.4 Å². The van der Waals surface area contributed by atoms with Crippen LogP contribution in [0.25, 0.3) is 0 Å². The lowest BCUT2D eigenvalue weighted by molar-refractivity contribution is -0.117. The van der Waals surface area contributed by atoms with Gasteiger partial charge in [-0.25, -0.2) is 0 Å². The summed E-state index contributed by atoms with van der Waals surface area (Å²) in [6.07, 6.45) is 5.44. The Labute approximate surface area is 142 Å². The molecular formula is C16H27N5OS. The van der Waals surface area contributed by atoms with Gasteiger partial charge in [0.15, 0.2) is 0 Å². The molecule has 23 heavy (non-hydrogen) atoms. The van der Waals surface area contributed by atoms with Crippen molar-refractivity contribution in [3.05, 3.63) is 5.01 Å². The van der Waals surface area contributed by atoms with E-state index >= 15 is 0 Å². The number of carbonyl (C=O) groups excluding carboxylic acids is 1. The maximum Gasteiger partial charge on any atom is 0.227 e. The molecule has 1 aromatic heterocycles. The van der Waals surface area contributed by atoms with Crippen molar-refractivity contribution in [3.63, 3.8) is 0 Å². The fraction of sp³-hybridized carbons (Fsp3) is 0.812. The van der Waals surface area contributed by atoms with E-state index in [-0.39, 0.29) is 5.91 Å². The van der Waals surface area contributed by atoms with Crippen LogP contribution in [0.5, 0.6) is 0 Å². The molecule has 0 unspecified atom stereocenters. The molecule has 0 aliphatic carbocycles. The molecule has 0 bridgehead atoms. The summed E-state index contributed by atoms with van der Waals surface area (Å²) in [4.78, 5) is 17.0. The van der Waals surface area contributed by atoms with Crippen LogP contribution in [0, 0.1) is 0 Å². The molecule has 1 N–H and O–H groups in total. The smallest absolute Gasteiger partial charge is 0.227 e. The molecule has 0 saturated carbocycles. The van der Waals surface area contributed by atoms with Crippen LogP contribution in [0.1, 0.15) is 44.5 Å². The van der Waals surface area contributed by atoms with Crippen molar-refractivity contribution < 1.29 is 4.79 Å². The van der Waals surface area contributed by atoms with E-state index < -0.39 is 0 Å². The summed E-state index contributed by atoms with van der Waals surface area (Å²) in [6.45, 7) is 8.69. The summed E-state index contributed by atoms with van der Waals surface area (Å²) in [5.74, 6) is 0.0404. The number of aryl methyl sites for hydroxylation is 1. The van der Waals surface area contributed by atoms with Crippen LogP contribution >= 0.6 is 11.3 Å². The van der Waals surface area contributed by atoms with Gasteiger partial charge in [0.25, 0.3) is 0 Å². The van der Waals surface area contributed by atoms with Gasteiger partial charge in [0.1, 0.15) is 5.01 Å². The molecule has 1 atom stereocenters. The molecule has 1 aromatic rings. The normalized spacial score (nSPS) is 23.7. The number of hydrogen-bond acceptors (Lipinski definition) is 6. The molecule has 7 heteroatoms. The SMILES string of the molecule is CCc1nnc(NC(=O)CCN2CC(N3CCCC[C@@H]3C)C2)s1. The second-order valence-electron chi connectivity index (χ2n) is 6.65. The molecule has 2 aliphatic heterocycles. The van der Waals surface area contributed by atoms with Gasteiger partial charge in [0.05, 0.1) is 0 Å². The summed E-state index contributed by atoms with van der Waals surface area (Å²) in [6, 6.07) is 1.42. The van der Waals surface area contributed by atoms with Gasteiger partial charge in [-0.2, -0.15) is 0 Å². The number of rotatable bonds is 6. The zero-order valence-electron chi connectivity index (χ0n) is 14.1. The van der Waals surface area contributed by atoms with E-state index in [4.69, 9.17) is 0 Å². The lowest BCUT2D eigenvalue weighted by Gasteiger charge is -2.49. The number of nitrogens with zero attached hydrogens (tertiary/aromatic N) is 4. The third-order valence-electron chi connectivity index (χ3n) is 4.93. The molecular weight excluding hydrogens is 310 g/mol. The predicted octanol–water partition coefficient (Wildman–Crippen LogP) is 1.99. The fourth-order valence-corrected chi connectivity index (χ4v) is 4.18. The molecule has 2 saturated heterocycles. The number of piperidine rings is 1. The Balaban J connectivity index is 1.34. The largest absolute Gasteiger partial charge is 0.300 e. The number of carbonyl (C=O) groups is 1. The van der Waals surface area contributed by atoms with Crippen molar-refractivity contribution in [1.29, 1.82) is 0 Å². The van der Waals surface area contributed by atoms with E-state index in [9.17, 15) is 4.79 Å². The highest BCUT2D eigenvalue weighted by Crippen LogP contribution is 2.24. The van der Waals surface area contributed by atoms with Crippen molar-refractivity contribution in [3.8, 4) is 0 Å². The first-order valence-electron chi connectivity index (χ1n) is 8.76. The second-order valence-corrected chi connectivity index (χ2v) is 7.71. The minimum atomic E-state index is 0.0404. The topological polar surface area (TPSA) is 61.4 Å². The number of aromatic nitrogens is 2. The van der Waals surface area contributed by atoms with Gasteiger partial charge < -0.3 is 5.32 Å². The minimum absolute atomic E-state index is 0.0404. The van der Waals surface area contributed by atoms with Gasteiger partial charge >= 0.3 is 0 Å². The van der Waals surface area contributed by atoms with Crippen LogP contribution in [-0.4, -0.2) is 64.2 Å². The first-order valence-corrected chi connectivity index (χ1v) is 9.57. The Morgan fingerprint density at radius 2 is 2.17 bits per heavy atom. The number of likely N-dealkylation sites (tertiary alicyclic amines) is 2. The molecule has 0 aromatic carbocycles. The van der Waals surface area contributed by atoms with E-state index in [2.05, 4.69) is 32.2 Å². The van der Waals surface area contributed by atoms with Crippen molar-refractivity contribution in [2.24, 2.45) is 0 Å². The van der Waals surface area contributed by atoms with Crippen LogP contribution in [0.15, 0.2) is 0 Å². The van der Waals surface area contributed by atoms with Gasteiger partial charge in [0, 0.05) is 38.1 Å². The summed E-state index contributed by atoms with van der Waals surface area (Å²) < 4.78 is 0. The maximum absolute atomic E-state index is 12.0. The van der Waals surface area contributed by atoms with E-state index in [1.54, 1.807) is 0 Å². The van der Waals surface area contributed by atoms with Crippen LogP contribution < -0.4 is 5.32 Å². The second kappa shape index (κ2) is 7.68. The van der Waals surface area contributed by atoms with Gasteiger partial charge in [-0.1, -0.05) is 24.7 Å². The van der Waals surface area contributed by atoms with Crippen LogP contribution in [0.3, 0.4) is 0 Å². The molecule has 3 heterocycles. The summed E-state index contributed by atoms with van der Waals surface area (Å²) in [5, 5.41) is 12.4. The van der Waals surface area contributed by atoms with Gasteiger partial charge in [-0.15, -0.1) is 10.2 Å². The Morgan fingerprint density at radius 3 is 2.87 bits per heavy atom. The van der Waals surface area contributed by atoms with Gasteiger partial charge in [-0.3, -0.25) is 14.6 Å². The average molecular weight is 337 g/mol. The van der Waals surface area contributed by atoms with E-state index in [0.717, 1.165) is 37.1 Å².